The number of ether oxygens (including phenoxy) is 2. The molecule has 0 aromatic heterocycles. The molecule has 0 spiro atoms. The Morgan fingerprint density at radius 1 is 1.10 bits per heavy atom. The van der Waals surface area contributed by atoms with E-state index in [4.69, 9.17) is 9.47 Å². The van der Waals surface area contributed by atoms with Crippen LogP contribution in [0.2, 0.25) is 0 Å². The third-order valence-electron chi connectivity index (χ3n) is 4.52. The highest BCUT2D eigenvalue weighted by Gasteiger charge is 2.22. The van der Waals surface area contributed by atoms with Crippen molar-refractivity contribution in [2.75, 3.05) is 23.9 Å². The lowest BCUT2D eigenvalue weighted by molar-refractivity contribution is -0.119. The van der Waals surface area contributed by atoms with Crippen molar-refractivity contribution >= 4 is 38.6 Å². The molecule has 0 atom stereocenters. The Hall–Kier alpha value is -3.59. The second kappa shape index (κ2) is 8.03. The van der Waals surface area contributed by atoms with E-state index in [-0.39, 0.29) is 6.79 Å². The summed E-state index contributed by atoms with van der Waals surface area (Å²) in [6, 6.07) is 18.0. The van der Waals surface area contributed by atoms with Gasteiger partial charge in [-0.25, -0.2) is 13.8 Å². The molecule has 1 aliphatic heterocycles. The van der Waals surface area contributed by atoms with Crippen molar-refractivity contribution in [1.82, 2.24) is 5.43 Å². The van der Waals surface area contributed by atoms with E-state index >= 15 is 0 Å². The monoisotopic (exact) mass is 425 g/mol. The van der Waals surface area contributed by atoms with E-state index in [2.05, 4.69) is 10.5 Å². The molecule has 1 aliphatic rings. The normalized spacial score (nSPS) is 13.0. The zero-order valence-electron chi connectivity index (χ0n) is 16.1. The largest absolute Gasteiger partial charge is 0.454 e. The number of rotatable bonds is 6. The minimum Gasteiger partial charge on any atom is -0.454 e. The molecule has 3 aromatic rings. The van der Waals surface area contributed by atoms with Crippen LogP contribution in [0.4, 0.5) is 5.69 Å². The Bertz CT molecular complexity index is 1240. The van der Waals surface area contributed by atoms with Gasteiger partial charge in [0.05, 0.1) is 18.2 Å². The molecule has 0 aliphatic carbocycles. The summed E-state index contributed by atoms with van der Waals surface area (Å²) in [6.45, 7) is -0.229. The van der Waals surface area contributed by atoms with Crippen LogP contribution < -0.4 is 19.2 Å². The quantitative estimate of drug-likeness (QED) is 0.483. The van der Waals surface area contributed by atoms with Crippen LogP contribution in [-0.2, 0) is 14.8 Å². The summed E-state index contributed by atoms with van der Waals surface area (Å²) in [4.78, 5) is 12.4. The van der Waals surface area contributed by atoms with Crippen LogP contribution in [0.3, 0.4) is 0 Å². The maximum absolute atomic E-state index is 12.4. The summed E-state index contributed by atoms with van der Waals surface area (Å²) in [6.07, 6.45) is 2.51. The van der Waals surface area contributed by atoms with Gasteiger partial charge in [0.2, 0.25) is 16.8 Å². The summed E-state index contributed by atoms with van der Waals surface area (Å²) in [5, 5.41) is 5.53. The van der Waals surface area contributed by atoms with Gasteiger partial charge < -0.3 is 9.47 Å². The Morgan fingerprint density at radius 3 is 2.70 bits per heavy atom. The van der Waals surface area contributed by atoms with E-state index in [0.29, 0.717) is 22.7 Å². The summed E-state index contributed by atoms with van der Waals surface area (Å²) in [5.41, 5.74) is 3.51. The average molecular weight is 425 g/mol. The standard InChI is InChI=1S/C21H19N3O5S/c1-30(26,27)24(18-8-4-6-16-5-2-3-7-17(16)18)13-21(25)23-22-12-15-9-10-19-20(11-15)29-14-28-19/h2-12H,13-14H2,1H3,(H,23,25)/b22-12+. The number of hydrogen-bond acceptors (Lipinski definition) is 6. The van der Waals surface area contributed by atoms with Crippen molar-refractivity contribution in [2.45, 2.75) is 0 Å². The molecule has 0 unspecified atom stereocenters. The van der Waals surface area contributed by atoms with Crippen LogP contribution in [0.15, 0.2) is 65.8 Å². The van der Waals surface area contributed by atoms with Crippen LogP contribution in [0.5, 0.6) is 11.5 Å². The predicted molar refractivity (Wildman–Crippen MR) is 114 cm³/mol. The van der Waals surface area contributed by atoms with Gasteiger partial charge in [-0.15, -0.1) is 0 Å². The van der Waals surface area contributed by atoms with Crippen LogP contribution >= 0.6 is 0 Å². The topological polar surface area (TPSA) is 97.3 Å². The SMILES string of the molecule is CS(=O)(=O)N(CC(=O)N/N=C/c1ccc2c(c1)OCO2)c1cccc2ccccc12. The summed E-state index contributed by atoms with van der Waals surface area (Å²) >= 11 is 0. The maximum atomic E-state index is 12.4. The molecule has 1 amide bonds. The number of carbonyl (C=O) groups excluding carboxylic acids is 1. The van der Waals surface area contributed by atoms with Gasteiger partial charge in [0.1, 0.15) is 6.54 Å². The molecule has 0 saturated carbocycles. The number of hydrazone groups is 1. The molecular weight excluding hydrogens is 406 g/mol. The van der Waals surface area contributed by atoms with Gasteiger partial charge in [-0.3, -0.25) is 9.10 Å². The zero-order valence-corrected chi connectivity index (χ0v) is 16.9. The highest BCUT2D eigenvalue weighted by molar-refractivity contribution is 7.92. The van der Waals surface area contributed by atoms with E-state index in [1.165, 1.54) is 6.21 Å². The summed E-state index contributed by atoms with van der Waals surface area (Å²) in [7, 11) is -3.70. The van der Waals surface area contributed by atoms with Gasteiger partial charge in [-0.1, -0.05) is 36.4 Å². The van der Waals surface area contributed by atoms with Gasteiger partial charge in [-0.05, 0) is 35.2 Å². The van der Waals surface area contributed by atoms with Crippen molar-refractivity contribution in [3.8, 4) is 11.5 Å². The maximum Gasteiger partial charge on any atom is 0.260 e. The van der Waals surface area contributed by atoms with E-state index in [1.807, 2.05) is 30.3 Å². The molecule has 30 heavy (non-hydrogen) atoms. The third-order valence-corrected chi connectivity index (χ3v) is 5.65. The third kappa shape index (κ3) is 4.20. The first-order valence-electron chi connectivity index (χ1n) is 9.09. The lowest BCUT2D eigenvalue weighted by atomic mass is 10.1. The van der Waals surface area contributed by atoms with Gasteiger partial charge in [0, 0.05) is 5.39 Å². The van der Waals surface area contributed by atoms with Gasteiger partial charge in [0.25, 0.3) is 5.91 Å². The predicted octanol–water partition coefficient (Wildman–Crippen LogP) is 2.48. The molecular formula is C21H19N3O5S. The number of carbonyl (C=O) groups is 1. The first-order chi connectivity index (χ1) is 14.4. The minimum atomic E-state index is -3.70. The molecule has 0 bridgehead atoms. The second-order valence-electron chi connectivity index (χ2n) is 6.67. The van der Waals surface area contributed by atoms with Crippen LogP contribution in [0.1, 0.15) is 5.56 Å². The lowest BCUT2D eigenvalue weighted by Gasteiger charge is -2.23. The van der Waals surface area contributed by atoms with Crippen molar-refractivity contribution in [1.29, 1.82) is 0 Å². The van der Waals surface area contributed by atoms with E-state index in [1.54, 1.807) is 30.3 Å². The van der Waals surface area contributed by atoms with Gasteiger partial charge >= 0.3 is 0 Å². The molecule has 1 N–H and O–H groups in total. The second-order valence-corrected chi connectivity index (χ2v) is 8.58. The van der Waals surface area contributed by atoms with Crippen molar-refractivity contribution in [2.24, 2.45) is 5.10 Å². The van der Waals surface area contributed by atoms with Gasteiger partial charge in [0.15, 0.2) is 11.5 Å². The molecule has 4 rings (SSSR count). The number of sulfonamides is 1. The molecule has 0 saturated heterocycles. The van der Waals surface area contributed by atoms with Gasteiger partial charge in [-0.2, -0.15) is 5.10 Å². The number of benzene rings is 3. The molecule has 0 fully saturated rings. The Kier molecular flexibility index (Phi) is 5.28. The summed E-state index contributed by atoms with van der Waals surface area (Å²) < 4.78 is 36.4. The minimum absolute atomic E-state index is 0.169. The van der Waals surface area contributed by atoms with Crippen LogP contribution in [-0.4, -0.2) is 40.1 Å². The molecule has 0 radical (unpaired) electrons. The van der Waals surface area contributed by atoms with Crippen LogP contribution in [0, 0.1) is 0 Å². The number of fused-ring (bicyclic) bond motifs is 2. The number of hydrogen-bond donors (Lipinski definition) is 1. The molecule has 8 nitrogen and oxygen atoms in total. The lowest BCUT2D eigenvalue weighted by Crippen LogP contribution is -2.39. The average Bonchev–Trinajstić information content (AvgIpc) is 3.19. The first kappa shape index (κ1) is 19.7. The molecule has 9 heteroatoms. The zero-order chi connectivity index (χ0) is 21.1. The Balaban J connectivity index is 1.50. The number of amides is 1. The fourth-order valence-electron chi connectivity index (χ4n) is 3.14. The van der Waals surface area contributed by atoms with E-state index in [0.717, 1.165) is 21.3 Å². The fraction of sp³-hybridized carbons (Fsp3) is 0.143. The first-order valence-corrected chi connectivity index (χ1v) is 10.9. The summed E-state index contributed by atoms with van der Waals surface area (Å²) in [5.74, 6) is 0.685. The van der Waals surface area contributed by atoms with Crippen molar-refractivity contribution in [3.05, 3.63) is 66.2 Å². The number of nitrogens with one attached hydrogen (secondary N) is 1. The van der Waals surface area contributed by atoms with Crippen molar-refractivity contribution in [3.63, 3.8) is 0 Å². The Labute approximate surface area is 173 Å². The Morgan fingerprint density at radius 2 is 1.87 bits per heavy atom. The van der Waals surface area contributed by atoms with Crippen molar-refractivity contribution < 1.29 is 22.7 Å². The van der Waals surface area contributed by atoms with Crippen LogP contribution in [0.25, 0.3) is 10.8 Å². The fourth-order valence-corrected chi connectivity index (χ4v) is 4.01. The molecule has 3 aromatic carbocycles. The highest BCUT2D eigenvalue weighted by Crippen LogP contribution is 2.32. The molecule has 154 valence electrons. The number of nitrogens with zero attached hydrogens (tertiary/aromatic N) is 2. The van der Waals surface area contributed by atoms with E-state index < -0.39 is 22.5 Å². The molecule has 1 heterocycles. The van der Waals surface area contributed by atoms with E-state index in [9.17, 15) is 13.2 Å². The smallest absolute Gasteiger partial charge is 0.260 e. The number of anilines is 1. The highest BCUT2D eigenvalue weighted by atomic mass is 32.2.